The maximum Gasteiger partial charge on any atom is 0.316 e. The second kappa shape index (κ2) is 6.80. The minimum atomic E-state index is -2.97. The Kier molecular flexibility index (Phi) is 5.04. The molecular weight excluding hydrogens is 300 g/mol. The third-order valence-corrected chi connectivity index (χ3v) is 4.02. The first kappa shape index (κ1) is 16.3. The summed E-state index contributed by atoms with van der Waals surface area (Å²) in [6.45, 7) is 0. The highest BCUT2D eigenvalue weighted by molar-refractivity contribution is 5.69. The van der Waals surface area contributed by atoms with Gasteiger partial charge < -0.3 is 4.74 Å². The van der Waals surface area contributed by atoms with Crippen LogP contribution in [0.25, 0.3) is 0 Å². The quantitative estimate of drug-likeness (QED) is 0.473. The van der Waals surface area contributed by atoms with E-state index in [0.29, 0.717) is 19.3 Å². The summed E-state index contributed by atoms with van der Waals surface area (Å²) in [6.07, 6.45) is 1.19. The molecule has 0 amide bonds. The van der Waals surface area contributed by atoms with Crippen LogP contribution in [0, 0.1) is 16.0 Å². The number of alkyl halides is 2. The van der Waals surface area contributed by atoms with Gasteiger partial charge in [0.15, 0.2) is 0 Å². The molecule has 1 aliphatic rings. The van der Waals surface area contributed by atoms with Crippen LogP contribution in [-0.2, 0) is 9.53 Å². The highest BCUT2D eigenvalue weighted by Gasteiger charge is 2.31. The minimum absolute atomic E-state index is 0.153. The van der Waals surface area contributed by atoms with E-state index >= 15 is 0 Å². The van der Waals surface area contributed by atoms with Crippen molar-refractivity contribution in [1.82, 2.24) is 9.78 Å². The van der Waals surface area contributed by atoms with Crippen LogP contribution in [0.2, 0.25) is 0 Å². The number of nitro groups is 1. The van der Waals surface area contributed by atoms with Crippen LogP contribution >= 0.6 is 0 Å². The van der Waals surface area contributed by atoms with Crippen molar-refractivity contribution in [2.45, 2.75) is 44.6 Å². The van der Waals surface area contributed by atoms with E-state index in [9.17, 15) is 23.7 Å². The third kappa shape index (κ3) is 3.58. The predicted octanol–water partition coefficient (Wildman–Crippen LogP) is 3.02. The summed E-state index contributed by atoms with van der Waals surface area (Å²) in [7, 11) is 1.34. The normalized spacial score (nSPS) is 21.8. The Morgan fingerprint density at radius 1 is 1.50 bits per heavy atom. The molecule has 1 saturated carbocycles. The number of halogens is 2. The standard InChI is InChI=1S/C13H17F2N3O4/c1-22-11(19)6-8-2-4-9(5-3-8)17-7-10(18(20)21)12(16-17)13(14)15/h7-9,13H,2-6H2,1H3. The maximum atomic E-state index is 12.8. The van der Waals surface area contributed by atoms with E-state index < -0.39 is 22.7 Å². The number of carbonyl (C=O) groups is 1. The van der Waals surface area contributed by atoms with Crippen molar-refractivity contribution < 1.29 is 23.2 Å². The summed E-state index contributed by atoms with van der Waals surface area (Å²) >= 11 is 0. The molecular formula is C13H17F2N3O4. The molecule has 0 atom stereocenters. The lowest BCUT2D eigenvalue weighted by Crippen LogP contribution is -2.21. The van der Waals surface area contributed by atoms with Gasteiger partial charge in [0, 0.05) is 6.42 Å². The monoisotopic (exact) mass is 317 g/mol. The molecule has 0 radical (unpaired) electrons. The SMILES string of the molecule is COC(=O)CC1CCC(n2cc([N+](=O)[O-])c(C(F)F)n2)CC1. The van der Waals surface area contributed by atoms with Crippen LogP contribution in [0.5, 0.6) is 0 Å². The fourth-order valence-corrected chi connectivity index (χ4v) is 2.81. The number of carbonyl (C=O) groups excluding carboxylic acids is 1. The number of esters is 1. The summed E-state index contributed by atoms with van der Waals surface area (Å²) in [5, 5.41) is 14.5. The fraction of sp³-hybridized carbons (Fsp3) is 0.692. The Morgan fingerprint density at radius 2 is 2.14 bits per heavy atom. The van der Waals surface area contributed by atoms with Crippen LogP contribution in [-0.4, -0.2) is 27.8 Å². The van der Waals surface area contributed by atoms with Gasteiger partial charge in [0.05, 0.1) is 18.1 Å². The average Bonchev–Trinajstić information content (AvgIpc) is 2.93. The maximum absolute atomic E-state index is 12.8. The lowest BCUT2D eigenvalue weighted by atomic mass is 9.84. The first-order valence-electron chi connectivity index (χ1n) is 7.00. The molecule has 122 valence electrons. The largest absolute Gasteiger partial charge is 0.469 e. The van der Waals surface area contributed by atoms with E-state index in [-0.39, 0.29) is 17.9 Å². The van der Waals surface area contributed by atoms with Crippen molar-refractivity contribution in [1.29, 1.82) is 0 Å². The molecule has 0 unspecified atom stereocenters. The van der Waals surface area contributed by atoms with Crippen LogP contribution in [0.1, 0.15) is 50.3 Å². The smallest absolute Gasteiger partial charge is 0.316 e. The van der Waals surface area contributed by atoms with Crippen molar-refractivity contribution in [2.75, 3.05) is 7.11 Å². The number of nitrogens with zero attached hydrogens (tertiary/aromatic N) is 3. The van der Waals surface area contributed by atoms with E-state index in [4.69, 9.17) is 0 Å². The van der Waals surface area contributed by atoms with Gasteiger partial charge in [-0.05, 0) is 31.6 Å². The van der Waals surface area contributed by atoms with Gasteiger partial charge in [-0.1, -0.05) is 0 Å². The molecule has 0 bridgehead atoms. The predicted molar refractivity (Wildman–Crippen MR) is 71.5 cm³/mol. The Bertz CT molecular complexity index is 553. The molecule has 1 aromatic heterocycles. The number of aromatic nitrogens is 2. The lowest BCUT2D eigenvalue weighted by molar-refractivity contribution is -0.386. The molecule has 7 nitrogen and oxygen atoms in total. The van der Waals surface area contributed by atoms with Crippen molar-refractivity contribution in [2.24, 2.45) is 5.92 Å². The van der Waals surface area contributed by atoms with Crippen LogP contribution in [0.15, 0.2) is 6.20 Å². The molecule has 0 spiro atoms. The molecule has 9 heteroatoms. The van der Waals surface area contributed by atoms with Crippen LogP contribution in [0.4, 0.5) is 14.5 Å². The van der Waals surface area contributed by atoms with Gasteiger partial charge in [0.1, 0.15) is 6.20 Å². The van der Waals surface area contributed by atoms with Gasteiger partial charge in [-0.25, -0.2) is 8.78 Å². The van der Waals surface area contributed by atoms with Crippen LogP contribution < -0.4 is 0 Å². The van der Waals surface area contributed by atoms with E-state index in [1.807, 2.05) is 0 Å². The highest BCUT2D eigenvalue weighted by Crippen LogP contribution is 2.36. The van der Waals surface area contributed by atoms with Gasteiger partial charge in [-0.2, -0.15) is 5.10 Å². The number of hydrogen-bond acceptors (Lipinski definition) is 5. The number of hydrogen-bond donors (Lipinski definition) is 0. The van der Waals surface area contributed by atoms with Gasteiger partial charge in [0.2, 0.25) is 5.69 Å². The molecule has 1 heterocycles. The summed E-state index contributed by atoms with van der Waals surface area (Å²) in [5.74, 6) is -0.0676. The Morgan fingerprint density at radius 3 is 2.59 bits per heavy atom. The molecule has 1 aromatic rings. The Balaban J connectivity index is 2.04. The minimum Gasteiger partial charge on any atom is -0.469 e. The zero-order chi connectivity index (χ0) is 16.3. The van der Waals surface area contributed by atoms with Gasteiger partial charge in [-0.3, -0.25) is 19.6 Å². The molecule has 1 aliphatic carbocycles. The summed E-state index contributed by atoms with van der Waals surface area (Å²) in [4.78, 5) is 21.2. The molecule has 1 fully saturated rings. The average molecular weight is 317 g/mol. The van der Waals surface area contributed by atoms with E-state index in [1.165, 1.54) is 11.8 Å². The second-order valence-corrected chi connectivity index (χ2v) is 5.39. The molecule has 2 rings (SSSR count). The molecule has 0 saturated heterocycles. The molecule has 0 aromatic carbocycles. The number of methoxy groups -OCH3 is 1. The fourth-order valence-electron chi connectivity index (χ4n) is 2.81. The van der Waals surface area contributed by atoms with Crippen molar-refractivity contribution in [3.8, 4) is 0 Å². The lowest BCUT2D eigenvalue weighted by Gasteiger charge is -2.27. The van der Waals surface area contributed by atoms with E-state index in [1.54, 1.807) is 0 Å². The molecule has 22 heavy (non-hydrogen) atoms. The first-order chi connectivity index (χ1) is 10.4. The van der Waals surface area contributed by atoms with Crippen molar-refractivity contribution in [3.05, 3.63) is 22.0 Å². The Hall–Kier alpha value is -2.06. The second-order valence-electron chi connectivity index (χ2n) is 5.39. The van der Waals surface area contributed by atoms with Crippen molar-refractivity contribution >= 4 is 11.7 Å². The first-order valence-corrected chi connectivity index (χ1v) is 7.00. The van der Waals surface area contributed by atoms with Crippen LogP contribution in [0.3, 0.4) is 0 Å². The van der Waals surface area contributed by atoms with E-state index in [0.717, 1.165) is 19.0 Å². The summed E-state index contributed by atoms with van der Waals surface area (Å²) in [6, 6.07) is -0.153. The number of rotatable bonds is 5. The van der Waals surface area contributed by atoms with Gasteiger partial charge in [-0.15, -0.1) is 0 Å². The van der Waals surface area contributed by atoms with Gasteiger partial charge >= 0.3 is 11.7 Å². The highest BCUT2D eigenvalue weighted by atomic mass is 19.3. The zero-order valence-corrected chi connectivity index (χ0v) is 12.1. The molecule has 0 N–H and O–H groups in total. The summed E-state index contributed by atoms with van der Waals surface area (Å²) < 4.78 is 31.5. The Labute approximate surface area is 125 Å². The topological polar surface area (TPSA) is 87.3 Å². The van der Waals surface area contributed by atoms with Crippen molar-refractivity contribution in [3.63, 3.8) is 0 Å². The number of ether oxygens (including phenoxy) is 1. The molecule has 0 aliphatic heterocycles. The van der Waals surface area contributed by atoms with Gasteiger partial charge in [0.25, 0.3) is 6.43 Å². The van der Waals surface area contributed by atoms with E-state index in [2.05, 4.69) is 9.84 Å². The third-order valence-electron chi connectivity index (χ3n) is 4.02. The summed E-state index contributed by atoms with van der Waals surface area (Å²) in [5.41, 5.74) is -1.44. The zero-order valence-electron chi connectivity index (χ0n) is 12.1.